The van der Waals surface area contributed by atoms with Gasteiger partial charge in [-0.05, 0) is 78.3 Å². The topological polar surface area (TPSA) is 85.4 Å². The third-order valence-electron chi connectivity index (χ3n) is 9.25. The predicted octanol–water partition coefficient (Wildman–Crippen LogP) is 8.49. The Bertz CT molecular complexity index is 2120. The first-order valence-corrected chi connectivity index (χ1v) is 17.6. The molecule has 51 heavy (non-hydrogen) atoms. The molecular formula is C43H45N5O3. The molecule has 0 unspecified atom stereocenters. The number of aromatic hydroxyl groups is 1. The molecule has 1 N–H and O–H groups in total. The first kappa shape index (κ1) is 35.0. The summed E-state index contributed by atoms with van der Waals surface area (Å²) in [6, 6.07) is 39.4. The van der Waals surface area contributed by atoms with Crippen LogP contribution >= 0.6 is 0 Å². The molecule has 0 radical (unpaired) electrons. The third-order valence-corrected chi connectivity index (χ3v) is 9.25. The first-order chi connectivity index (χ1) is 24.9. The van der Waals surface area contributed by atoms with E-state index in [1.807, 2.05) is 21.5 Å². The summed E-state index contributed by atoms with van der Waals surface area (Å²) in [6.07, 6.45) is 6.40. The lowest BCUT2D eigenvalue weighted by Crippen LogP contribution is -2.23. The van der Waals surface area contributed by atoms with Crippen molar-refractivity contribution < 1.29 is 9.84 Å². The molecule has 2 aromatic heterocycles. The van der Waals surface area contributed by atoms with Gasteiger partial charge < -0.3 is 19.3 Å². The van der Waals surface area contributed by atoms with Crippen LogP contribution in [0.1, 0.15) is 48.6 Å². The van der Waals surface area contributed by atoms with Crippen LogP contribution in [0.5, 0.6) is 11.5 Å². The molecule has 0 bridgehead atoms. The Morgan fingerprint density at radius 2 is 1.51 bits per heavy atom. The van der Waals surface area contributed by atoms with Gasteiger partial charge in [0.2, 0.25) is 5.43 Å². The van der Waals surface area contributed by atoms with Gasteiger partial charge in [-0.25, -0.2) is 0 Å². The highest BCUT2D eigenvalue weighted by molar-refractivity contribution is 5.98. The molecule has 4 aromatic carbocycles. The Morgan fingerprint density at radius 3 is 2.24 bits per heavy atom. The molecule has 0 fully saturated rings. The van der Waals surface area contributed by atoms with Crippen molar-refractivity contribution in [3.05, 3.63) is 160 Å². The van der Waals surface area contributed by atoms with E-state index in [-0.39, 0.29) is 11.2 Å². The normalized spacial score (nSPS) is 11.7. The molecular weight excluding hydrogens is 635 g/mol. The second-order valence-corrected chi connectivity index (χ2v) is 12.7. The standard InChI is InChI=1S/C43H45N5O3/c1-4-39(33-14-7-5-8-15-33)42(34-16-9-6-10-17-34)35-20-22-38(23-21-35)51-29-28-46(3)37-19-13-18-36(30-37)40-31-48(45-44-40)26-12-11-25-47-27-24-41(49)43(50)32(47)2/h5-10,13-24,27,30-31,50H,4,11-12,25-26,28-29H2,1-3H3. The maximum Gasteiger partial charge on any atom is 0.223 e. The van der Waals surface area contributed by atoms with Gasteiger partial charge in [0.05, 0.1) is 18.4 Å². The van der Waals surface area contributed by atoms with E-state index in [4.69, 9.17) is 4.74 Å². The molecule has 0 amide bonds. The van der Waals surface area contributed by atoms with Crippen molar-refractivity contribution in [1.82, 2.24) is 19.6 Å². The molecule has 0 aliphatic heterocycles. The second-order valence-electron chi connectivity index (χ2n) is 12.7. The smallest absolute Gasteiger partial charge is 0.223 e. The largest absolute Gasteiger partial charge is 0.503 e. The minimum absolute atomic E-state index is 0.181. The van der Waals surface area contributed by atoms with Crippen molar-refractivity contribution in [3.8, 4) is 22.8 Å². The van der Waals surface area contributed by atoms with Crippen molar-refractivity contribution in [2.45, 2.75) is 46.2 Å². The number of likely N-dealkylation sites (N-methyl/N-ethyl adjacent to an activating group) is 1. The lowest BCUT2D eigenvalue weighted by atomic mass is 9.88. The zero-order chi connectivity index (χ0) is 35.6. The summed E-state index contributed by atoms with van der Waals surface area (Å²) in [6.45, 7) is 6.68. The van der Waals surface area contributed by atoms with Crippen LogP contribution in [0.2, 0.25) is 0 Å². The third kappa shape index (κ3) is 8.65. The Morgan fingerprint density at radius 1 is 0.824 bits per heavy atom. The zero-order valence-electron chi connectivity index (χ0n) is 29.6. The van der Waals surface area contributed by atoms with Crippen molar-refractivity contribution in [1.29, 1.82) is 0 Å². The van der Waals surface area contributed by atoms with E-state index in [0.29, 0.717) is 25.4 Å². The number of benzene rings is 4. The van der Waals surface area contributed by atoms with Crippen LogP contribution in [0.15, 0.2) is 132 Å². The summed E-state index contributed by atoms with van der Waals surface area (Å²) in [4.78, 5) is 13.8. The molecule has 2 heterocycles. The number of aryl methyl sites for hydroxylation is 2. The Labute approximate surface area is 299 Å². The predicted molar refractivity (Wildman–Crippen MR) is 206 cm³/mol. The molecule has 0 saturated carbocycles. The highest BCUT2D eigenvalue weighted by Gasteiger charge is 2.14. The molecule has 8 nitrogen and oxygen atoms in total. The van der Waals surface area contributed by atoms with E-state index in [9.17, 15) is 9.90 Å². The maximum absolute atomic E-state index is 11.6. The number of hydrogen-bond donors (Lipinski definition) is 1. The van der Waals surface area contributed by atoms with Crippen LogP contribution < -0.4 is 15.1 Å². The van der Waals surface area contributed by atoms with E-state index < -0.39 is 0 Å². The average Bonchev–Trinajstić information content (AvgIpc) is 3.65. The molecule has 0 atom stereocenters. The summed E-state index contributed by atoms with van der Waals surface area (Å²) < 4.78 is 9.98. The summed E-state index contributed by atoms with van der Waals surface area (Å²) in [7, 11) is 2.07. The molecule has 0 saturated heterocycles. The van der Waals surface area contributed by atoms with Crippen molar-refractivity contribution in [3.63, 3.8) is 0 Å². The van der Waals surface area contributed by atoms with E-state index >= 15 is 0 Å². The fourth-order valence-corrected chi connectivity index (χ4v) is 6.34. The number of pyridine rings is 1. The summed E-state index contributed by atoms with van der Waals surface area (Å²) in [5, 5.41) is 18.7. The SMILES string of the molecule is CCC(=C(c1ccccc1)c1ccc(OCCN(C)c2cccc(-c3cn(CCCCn4ccc(=O)c(O)c4C)nn3)c2)cc1)c1ccccc1. The van der Waals surface area contributed by atoms with Crippen LogP contribution in [-0.2, 0) is 13.1 Å². The number of hydrogen-bond acceptors (Lipinski definition) is 6. The highest BCUT2D eigenvalue weighted by Crippen LogP contribution is 2.35. The monoisotopic (exact) mass is 679 g/mol. The Balaban J connectivity index is 1.04. The van der Waals surface area contributed by atoms with Gasteiger partial charge in [0.25, 0.3) is 0 Å². The molecule has 0 aliphatic rings. The summed E-state index contributed by atoms with van der Waals surface area (Å²) in [5.74, 6) is 0.662. The Kier molecular flexibility index (Phi) is 11.4. The van der Waals surface area contributed by atoms with E-state index in [2.05, 4.69) is 132 Å². The van der Waals surface area contributed by atoms with Crippen molar-refractivity contribution >= 4 is 16.8 Å². The van der Waals surface area contributed by atoms with E-state index in [1.54, 1.807) is 13.1 Å². The second kappa shape index (κ2) is 16.7. The minimum atomic E-state index is -0.347. The molecule has 6 rings (SSSR count). The molecule has 260 valence electrons. The van der Waals surface area contributed by atoms with Crippen molar-refractivity contribution in [2.75, 3.05) is 25.1 Å². The first-order valence-electron chi connectivity index (χ1n) is 17.6. The van der Waals surface area contributed by atoms with Crippen molar-refractivity contribution in [2.24, 2.45) is 0 Å². The molecule has 0 aliphatic carbocycles. The van der Waals surface area contributed by atoms with Gasteiger partial charge >= 0.3 is 0 Å². The van der Waals surface area contributed by atoms with Crippen LogP contribution in [0, 0.1) is 6.92 Å². The fourth-order valence-electron chi connectivity index (χ4n) is 6.34. The minimum Gasteiger partial charge on any atom is -0.503 e. The molecule has 0 spiro atoms. The number of unbranched alkanes of at least 4 members (excludes halogenated alkanes) is 1. The maximum atomic E-state index is 11.6. The summed E-state index contributed by atoms with van der Waals surface area (Å²) in [5.41, 5.74) is 9.32. The lowest BCUT2D eigenvalue weighted by molar-refractivity contribution is 0.326. The number of aromatic nitrogens is 4. The van der Waals surface area contributed by atoms with Crippen LogP contribution in [-0.4, -0.2) is 44.9 Å². The number of ether oxygens (including phenoxy) is 1. The highest BCUT2D eigenvalue weighted by atomic mass is 16.5. The van der Waals surface area contributed by atoms with Gasteiger partial charge in [-0.3, -0.25) is 9.48 Å². The number of nitrogens with zero attached hydrogens (tertiary/aromatic N) is 5. The van der Waals surface area contributed by atoms with Crippen LogP contribution in [0.3, 0.4) is 0 Å². The van der Waals surface area contributed by atoms with Gasteiger partial charge in [0.1, 0.15) is 18.1 Å². The number of allylic oxidation sites excluding steroid dienone is 1. The van der Waals surface area contributed by atoms with E-state index in [0.717, 1.165) is 48.5 Å². The summed E-state index contributed by atoms with van der Waals surface area (Å²) >= 11 is 0. The van der Waals surface area contributed by atoms with Gasteiger partial charge in [-0.1, -0.05) is 97.1 Å². The lowest BCUT2D eigenvalue weighted by Gasteiger charge is -2.20. The molecule has 8 heteroatoms. The number of rotatable bonds is 15. The van der Waals surface area contributed by atoms with Gasteiger partial charge in [0, 0.05) is 43.7 Å². The van der Waals surface area contributed by atoms with Crippen LogP contribution in [0.4, 0.5) is 5.69 Å². The van der Waals surface area contributed by atoms with Crippen LogP contribution in [0.25, 0.3) is 22.4 Å². The fraction of sp³-hybridized carbons (Fsp3) is 0.233. The zero-order valence-corrected chi connectivity index (χ0v) is 29.6. The average molecular weight is 680 g/mol. The van der Waals surface area contributed by atoms with Gasteiger partial charge in [0.15, 0.2) is 5.75 Å². The van der Waals surface area contributed by atoms with Gasteiger partial charge in [-0.2, -0.15) is 0 Å². The molecule has 6 aromatic rings. The van der Waals surface area contributed by atoms with E-state index in [1.165, 1.54) is 33.9 Å². The Hall–Kier alpha value is -5.89. The van der Waals surface area contributed by atoms with Gasteiger partial charge in [-0.15, -0.1) is 5.10 Å². The number of anilines is 1. The quantitative estimate of drug-likeness (QED) is 0.0866.